The number of hydrazine groups is 1. The van der Waals surface area contributed by atoms with Crippen LogP contribution in [0.4, 0.5) is 0 Å². The van der Waals surface area contributed by atoms with Gasteiger partial charge in [-0.2, -0.15) is 0 Å². The van der Waals surface area contributed by atoms with Gasteiger partial charge in [-0.05, 0) is 0 Å². The normalized spacial score (nSPS) is 22.5. The molecule has 0 aromatic carbocycles. The van der Waals surface area contributed by atoms with Gasteiger partial charge in [0.2, 0.25) is 0 Å². The number of hydrogen-bond acceptors (Lipinski definition) is 4. The molecule has 0 saturated carbocycles. The van der Waals surface area contributed by atoms with Crippen molar-refractivity contribution in [1.29, 1.82) is 0 Å². The molecular weight excluding hydrogens is 170 g/mol. The van der Waals surface area contributed by atoms with Gasteiger partial charge < -0.3 is 15.1 Å². The maximum atomic E-state index is 11.7. The molecule has 5 nitrogen and oxygen atoms in total. The van der Waals surface area contributed by atoms with Crippen molar-refractivity contribution in [2.45, 2.75) is 0 Å². The maximum absolute atomic E-state index is 11.7. The molecule has 2 N–H and O–H groups in total. The lowest BCUT2D eigenvalue weighted by atomic mass is 10.2. The van der Waals surface area contributed by atoms with Gasteiger partial charge in [0.15, 0.2) is 0 Å². The molecule has 1 saturated heterocycles. The lowest BCUT2D eigenvalue weighted by Crippen LogP contribution is -2.41. The van der Waals surface area contributed by atoms with Crippen LogP contribution in [0.1, 0.15) is 0 Å². The maximum Gasteiger partial charge on any atom is 0.252 e. The van der Waals surface area contributed by atoms with E-state index in [2.05, 4.69) is 10.9 Å². The quantitative estimate of drug-likeness (QED) is 0.538. The van der Waals surface area contributed by atoms with Crippen LogP contribution in [0.25, 0.3) is 0 Å². The minimum absolute atomic E-state index is 0.112. The van der Waals surface area contributed by atoms with E-state index in [9.17, 15) is 4.79 Å². The number of ether oxygens (including phenoxy) is 1. The van der Waals surface area contributed by atoms with Gasteiger partial charge in [-0.25, -0.2) is 5.43 Å². The van der Waals surface area contributed by atoms with Gasteiger partial charge in [0.25, 0.3) is 5.91 Å². The molecule has 0 radical (unpaired) electrons. The first-order valence-corrected chi connectivity index (χ1v) is 4.42. The highest BCUT2D eigenvalue weighted by atomic mass is 16.5. The summed E-state index contributed by atoms with van der Waals surface area (Å²) in [7, 11) is 0. The van der Waals surface area contributed by atoms with E-state index < -0.39 is 0 Å². The van der Waals surface area contributed by atoms with E-state index in [-0.39, 0.29) is 5.91 Å². The third-order valence-electron chi connectivity index (χ3n) is 2.20. The third kappa shape index (κ3) is 1.81. The van der Waals surface area contributed by atoms with Crippen molar-refractivity contribution < 1.29 is 9.53 Å². The molecule has 13 heavy (non-hydrogen) atoms. The Morgan fingerprint density at radius 3 is 2.85 bits per heavy atom. The Bertz CT molecular complexity index is 234. The van der Waals surface area contributed by atoms with Crippen molar-refractivity contribution in [2.75, 3.05) is 32.8 Å². The van der Waals surface area contributed by atoms with Crippen LogP contribution in [0.5, 0.6) is 0 Å². The highest BCUT2D eigenvalue weighted by Gasteiger charge is 2.21. The Labute approximate surface area is 76.7 Å². The Kier molecular flexibility index (Phi) is 2.47. The van der Waals surface area contributed by atoms with E-state index in [4.69, 9.17) is 4.74 Å². The van der Waals surface area contributed by atoms with Crippen LogP contribution in [0.2, 0.25) is 0 Å². The summed E-state index contributed by atoms with van der Waals surface area (Å²) in [4.78, 5) is 13.5. The molecular formula is C8H13N3O2. The van der Waals surface area contributed by atoms with Crippen molar-refractivity contribution in [3.63, 3.8) is 0 Å². The van der Waals surface area contributed by atoms with E-state index in [0.717, 1.165) is 5.57 Å². The average molecular weight is 183 g/mol. The van der Waals surface area contributed by atoms with Crippen molar-refractivity contribution in [3.8, 4) is 0 Å². The second-order valence-corrected chi connectivity index (χ2v) is 3.07. The standard InChI is InChI=1S/C8H13N3O2/c12-8(7-5-9-10-6-7)11-1-3-13-4-2-11/h5,9-10H,1-4,6H2. The van der Waals surface area contributed by atoms with Crippen LogP contribution in [-0.4, -0.2) is 43.7 Å². The number of amides is 1. The van der Waals surface area contributed by atoms with Gasteiger partial charge in [-0.15, -0.1) is 0 Å². The summed E-state index contributed by atoms with van der Waals surface area (Å²) in [6, 6.07) is 0. The zero-order valence-electron chi connectivity index (χ0n) is 7.38. The summed E-state index contributed by atoms with van der Waals surface area (Å²) < 4.78 is 5.17. The molecule has 72 valence electrons. The SMILES string of the molecule is O=C(C1=CNNC1)N1CCOCC1. The minimum atomic E-state index is 0.112. The highest BCUT2D eigenvalue weighted by molar-refractivity contribution is 5.94. The first kappa shape index (κ1) is 8.52. The van der Waals surface area contributed by atoms with Crippen molar-refractivity contribution in [2.24, 2.45) is 0 Å². The largest absolute Gasteiger partial charge is 0.378 e. The van der Waals surface area contributed by atoms with E-state index in [0.29, 0.717) is 32.8 Å². The van der Waals surface area contributed by atoms with Crippen LogP contribution in [0, 0.1) is 0 Å². The van der Waals surface area contributed by atoms with Crippen molar-refractivity contribution >= 4 is 5.91 Å². The fraction of sp³-hybridized carbons (Fsp3) is 0.625. The molecule has 0 bridgehead atoms. The van der Waals surface area contributed by atoms with Gasteiger partial charge in [0, 0.05) is 31.4 Å². The van der Waals surface area contributed by atoms with Gasteiger partial charge in [-0.1, -0.05) is 0 Å². The molecule has 0 spiro atoms. The number of morpholine rings is 1. The summed E-state index contributed by atoms with van der Waals surface area (Å²) in [5, 5.41) is 0. The van der Waals surface area contributed by atoms with Crippen LogP contribution >= 0.6 is 0 Å². The second-order valence-electron chi connectivity index (χ2n) is 3.07. The summed E-state index contributed by atoms with van der Waals surface area (Å²) in [6.45, 7) is 3.32. The predicted molar refractivity (Wildman–Crippen MR) is 46.6 cm³/mol. The van der Waals surface area contributed by atoms with E-state index >= 15 is 0 Å². The zero-order chi connectivity index (χ0) is 9.10. The van der Waals surface area contributed by atoms with Crippen LogP contribution in [-0.2, 0) is 9.53 Å². The molecule has 0 aromatic rings. The first-order chi connectivity index (χ1) is 6.38. The van der Waals surface area contributed by atoms with E-state index in [1.807, 2.05) is 4.90 Å². The molecule has 1 amide bonds. The van der Waals surface area contributed by atoms with Gasteiger partial charge in [0.1, 0.15) is 0 Å². The summed E-state index contributed by atoms with van der Waals surface area (Å²) in [5.41, 5.74) is 6.47. The van der Waals surface area contributed by atoms with Crippen molar-refractivity contribution in [3.05, 3.63) is 11.8 Å². The molecule has 2 heterocycles. The van der Waals surface area contributed by atoms with Crippen LogP contribution in [0.3, 0.4) is 0 Å². The Balaban J connectivity index is 1.94. The van der Waals surface area contributed by atoms with Gasteiger partial charge >= 0.3 is 0 Å². The summed E-state index contributed by atoms with van der Waals surface area (Å²) in [6.07, 6.45) is 1.72. The molecule has 2 rings (SSSR count). The summed E-state index contributed by atoms with van der Waals surface area (Å²) >= 11 is 0. The molecule has 0 aliphatic carbocycles. The fourth-order valence-electron chi connectivity index (χ4n) is 1.44. The summed E-state index contributed by atoms with van der Waals surface area (Å²) in [5.74, 6) is 0.112. The Hall–Kier alpha value is -1.07. The molecule has 1 fully saturated rings. The Morgan fingerprint density at radius 1 is 1.46 bits per heavy atom. The average Bonchev–Trinajstić information content (AvgIpc) is 2.71. The molecule has 5 heteroatoms. The number of nitrogens with zero attached hydrogens (tertiary/aromatic N) is 1. The lowest BCUT2D eigenvalue weighted by Gasteiger charge is -2.26. The third-order valence-corrected chi connectivity index (χ3v) is 2.20. The number of carbonyl (C=O) groups excluding carboxylic acids is 1. The molecule has 0 unspecified atom stereocenters. The topological polar surface area (TPSA) is 53.6 Å². The number of carbonyl (C=O) groups is 1. The van der Waals surface area contributed by atoms with Crippen molar-refractivity contribution in [1.82, 2.24) is 15.8 Å². The number of nitrogens with one attached hydrogen (secondary N) is 2. The Morgan fingerprint density at radius 2 is 2.23 bits per heavy atom. The first-order valence-electron chi connectivity index (χ1n) is 4.42. The van der Waals surface area contributed by atoms with Crippen LogP contribution < -0.4 is 10.9 Å². The molecule has 2 aliphatic heterocycles. The smallest absolute Gasteiger partial charge is 0.252 e. The molecule has 2 aliphatic rings. The predicted octanol–water partition coefficient (Wildman–Crippen LogP) is -1.16. The van der Waals surface area contributed by atoms with Crippen LogP contribution in [0.15, 0.2) is 11.8 Å². The lowest BCUT2D eigenvalue weighted by molar-refractivity contribution is -0.131. The second kappa shape index (κ2) is 3.76. The number of rotatable bonds is 1. The van der Waals surface area contributed by atoms with E-state index in [1.54, 1.807) is 6.20 Å². The minimum Gasteiger partial charge on any atom is -0.378 e. The zero-order valence-corrected chi connectivity index (χ0v) is 7.38. The van der Waals surface area contributed by atoms with Gasteiger partial charge in [0.05, 0.1) is 13.2 Å². The monoisotopic (exact) mass is 183 g/mol. The highest BCUT2D eigenvalue weighted by Crippen LogP contribution is 2.05. The fourth-order valence-corrected chi connectivity index (χ4v) is 1.44. The number of hydrogen-bond donors (Lipinski definition) is 2. The molecule has 0 aromatic heterocycles. The molecule has 0 atom stereocenters. The van der Waals surface area contributed by atoms with Gasteiger partial charge in [-0.3, -0.25) is 4.79 Å². The van der Waals surface area contributed by atoms with E-state index in [1.165, 1.54) is 0 Å².